The van der Waals surface area contributed by atoms with Crippen molar-refractivity contribution in [2.75, 3.05) is 6.54 Å². The summed E-state index contributed by atoms with van der Waals surface area (Å²) >= 11 is 0. The van der Waals surface area contributed by atoms with Crippen molar-refractivity contribution in [3.63, 3.8) is 0 Å². The van der Waals surface area contributed by atoms with Gasteiger partial charge in [0.25, 0.3) is 0 Å². The van der Waals surface area contributed by atoms with Gasteiger partial charge in [0.15, 0.2) is 5.78 Å². The largest absolute Gasteiger partial charge is 0.380 e. The van der Waals surface area contributed by atoms with Crippen LogP contribution in [0.1, 0.15) is 12.8 Å². The summed E-state index contributed by atoms with van der Waals surface area (Å²) in [4.78, 5) is 15.2. The van der Waals surface area contributed by atoms with Gasteiger partial charge in [-0.1, -0.05) is 0 Å². The fourth-order valence-electron chi connectivity index (χ4n) is 1.26. The first-order valence-corrected chi connectivity index (χ1v) is 3.40. The number of hydrogen-bond acceptors (Lipinski definition) is 3. The van der Waals surface area contributed by atoms with Gasteiger partial charge in [-0.05, 0) is 0 Å². The SMILES string of the molecule is O=C1CC=NC2=C1NCC2. The summed E-state index contributed by atoms with van der Waals surface area (Å²) in [5.74, 6) is 0.183. The Balaban J connectivity index is 2.39. The highest BCUT2D eigenvalue weighted by Gasteiger charge is 2.21. The second-order valence-electron chi connectivity index (χ2n) is 2.44. The summed E-state index contributed by atoms with van der Waals surface area (Å²) in [6, 6.07) is 0. The van der Waals surface area contributed by atoms with Crippen molar-refractivity contribution in [2.45, 2.75) is 12.8 Å². The van der Waals surface area contributed by atoms with E-state index < -0.39 is 0 Å². The van der Waals surface area contributed by atoms with E-state index in [1.807, 2.05) is 0 Å². The third kappa shape index (κ3) is 0.667. The average molecular weight is 136 g/mol. The van der Waals surface area contributed by atoms with E-state index in [1.165, 1.54) is 0 Å². The van der Waals surface area contributed by atoms with Crippen LogP contribution in [0.5, 0.6) is 0 Å². The molecule has 0 aromatic heterocycles. The van der Waals surface area contributed by atoms with Gasteiger partial charge in [0, 0.05) is 25.6 Å². The maximum Gasteiger partial charge on any atom is 0.185 e. The number of Topliss-reactive ketones (excluding diaryl/α,β-unsaturated/α-hetero) is 1. The van der Waals surface area contributed by atoms with Gasteiger partial charge in [0.1, 0.15) is 5.70 Å². The molecule has 2 aliphatic rings. The van der Waals surface area contributed by atoms with E-state index in [0.29, 0.717) is 6.42 Å². The number of aliphatic imine (C=N–C) groups is 1. The van der Waals surface area contributed by atoms with E-state index in [0.717, 1.165) is 24.4 Å². The van der Waals surface area contributed by atoms with Crippen molar-refractivity contribution in [1.82, 2.24) is 5.32 Å². The lowest BCUT2D eigenvalue weighted by Gasteiger charge is -2.04. The number of carbonyl (C=O) groups is 1. The van der Waals surface area contributed by atoms with Crippen LogP contribution in [0.25, 0.3) is 0 Å². The van der Waals surface area contributed by atoms with Crippen molar-refractivity contribution in [2.24, 2.45) is 4.99 Å². The fourth-order valence-corrected chi connectivity index (χ4v) is 1.26. The van der Waals surface area contributed by atoms with Crippen LogP contribution in [0.4, 0.5) is 0 Å². The maximum atomic E-state index is 11.1. The molecular formula is C7H8N2O. The molecule has 1 N–H and O–H groups in total. The van der Waals surface area contributed by atoms with Gasteiger partial charge < -0.3 is 5.32 Å². The van der Waals surface area contributed by atoms with Gasteiger partial charge in [0.2, 0.25) is 0 Å². The number of nitrogens with zero attached hydrogens (tertiary/aromatic N) is 1. The summed E-state index contributed by atoms with van der Waals surface area (Å²) in [7, 11) is 0. The number of ketones is 1. The van der Waals surface area contributed by atoms with E-state index >= 15 is 0 Å². The molecule has 0 bridgehead atoms. The summed E-state index contributed by atoms with van der Waals surface area (Å²) < 4.78 is 0. The minimum absolute atomic E-state index is 0.183. The summed E-state index contributed by atoms with van der Waals surface area (Å²) in [6.45, 7) is 0.869. The molecule has 0 amide bonds. The number of rotatable bonds is 0. The number of nitrogens with one attached hydrogen (secondary N) is 1. The van der Waals surface area contributed by atoms with Gasteiger partial charge in [-0.3, -0.25) is 9.79 Å². The van der Waals surface area contributed by atoms with E-state index in [-0.39, 0.29) is 5.78 Å². The van der Waals surface area contributed by atoms with Crippen molar-refractivity contribution >= 4 is 12.0 Å². The van der Waals surface area contributed by atoms with Crippen LogP contribution >= 0.6 is 0 Å². The minimum Gasteiger partial charge on any atom is -0.380 e. The Hall–Kier alpha value is -1.12. The van der Waals surface area contributed by atoms with Gasteiger partial charge in [-0.15, -0.1) is 0 Å². The number of hydrogen-bond donors (Lipinski definition) is 1. The van der Waals surface area contributed by atoms with E-state index in [2.05, 4.69) is 10.3 Å². The zero-order valence-electron chi connectivity index (χ0n) is 5.55. The van der Waals surface area contributed by atoms with E-state index in [1.54, 1.807) is 6.21 Å². The van der Waals surface area contributed by atoms with Crippen LogP contribution in [-0.4, -0.2) is 18.5 Å². The Morgan fingerprint density at radius 3 is 3.30 bits per heavy atom. The molecule has 10 heavy (non-hydrogen) atoms. The molecule has 2 heterocycles. The lowest BCUT2D eigenvalue weighted by Crippen LogP contribution is -2.18. The second kappa shape index (κ2) is 1.94. The lowest BCUT2D eigenvalue weighted by molar-refractivity contribution is -0.114. The van der Waals surface area contributed by atoms with E-state index in [9.17, 15) is 4.79 Å². The molecule has 0 fully saturated rings. The molecule has 2 aliphatic heterocycles. The summed E-state index contributed by atoms with van der Waals surface area (Å²) in [6.07, 6.45) is 3.05. The maximum absolute atomic E-state index is 11.1. The molecule has 2 rings (SSSR count). The first-order chi connectivity index (χ1) is 4.88. The Labute approximate surface area is 58.8 Å². The second-order valence-corrected chi connectivity index (χ2v) is 2.44. The Bertz CT molecular complexity index is 240. The Morgan fingerprint density at radius 2 is 2.50 bits per heavy atom. The molecular weight excluding hydrogens is 128 g/mol. The summed E-state index contributed by atoms with van der Waals surface area (Å²) in [5.41, 5.74) is 1.69. The third-order valence-corrected chi connectivity index (χ3v) is 1.75. The Kier molecular flexibility index (Phi) is 1.09. The average Bonchev–Trinajstić information content (AvgIpc) is 2.36. The quantitative estimate of drug-likeness (QED) is 0.518. The molecule has 0 saturated heterocycles. The number of carbonyl (C=O) groups excluding carboxylic acids is 1. The van der Waals surface area contributed by atoms with Gasteiger partial charge in [-0.25, -0.2) is 0 Å². The molecule has 0 aromatic carbocycles. The molecule has 0 unspecified atom stereocenters. The first-order valence-electron chi connectivity index (χ1n) is 3.40. The van der Waals surface area contributed by atoms with Crippen LogP contribution < -0.4 is 5.32 Å². The monoisotopic (exact) mass is 136 g/mol. The third-order valence-electron chi connectivity index (χ3n) is 1.75. The smallest absolute Gasteiger partial charge is 0.185 e. The fraction of sp³-hybridized carbons (Fsp3) is 0.429. The van der Waals surface area contributed by atoms with Gasteiger partial charge >= 0.3 is 0 Å². The predicted molar refractivity (Wildman–Crippen MR) is 37.8 cm³/mol. The van der Waals surface area contributed by atoms with Crippen LogP contribution in [0.15, 0.2) is 16.4 Å². The van der Waals surface area contributed by atoms with Crippen molar-refractivity contribution in [1.29, 1.82) is 0 Å². The lowest BCUT2D eigenvalue weighted by atomic mass is 10.1. The van der Waals surface area contributed by atoms with Crippen molar-refractivity contribution in [3.8, 4) is 0 Å². The van der Waals surface area contributed by atoms with Crippen LogP contribution in [0, 0.1) is 0 Å². The van der Waals surface area contributed by atoms with Gasteiger partial charge in [-0.2, -0.15) is 0 Å². The topological polar surface area (TPSA) is 41.5 Å². The van der Waals surface area contributed by atoms with Crippen molar-refractivity contribution < 1.29 is 4.79 Å². The predicted octanol–water partition coefficient (Wildman–Crippen LogP) is 0.235. The van der Waals surface area contributed by atoms with Crippen LogP contribution in [0.3, 0.4) is 0 Å². The molecule has 0 aromatic rings. The standard InChI is InChI=1S/C7H8N2O/c10-6-2-4-8-5-1-3-9-7(5)6/h4,9H,1-3H2. The molecule has 3 nitrogen and oxygen atoms in total. The highest BCUT2D eigenvalue weighted by atomic mass is 16.1. The Morgan fingerprint density at radius 1 is 1.60 bits per heavy atom. The molecule has 0 saturated carbocycles. The number of allylic oxidation sites excluding steroid dienone is 1. The minimum atomic E-state index is 0.183. The first kappa shape index (κ1) is 5.65. The molecule has 0 radical (unpaired) electrons. The van der Waals surface area contributed by atoms with Crippen LogP contribution in [0.2, 0.25) is 0 Å². The summed E-state index contributed by atoms with van der Waals surface area (Å²) in [5, 5.41) is 3.02. The van der Waals surface area contributed by atoms with Crippen molar-refractivity contribution in [3.05, 3.63) is 11.4 Å². The molecule has 0 spiro atoms. The highest BCUT2D eigenvalue weighted by molar-refractivity contribution is 6.05. The zero-order chi connectivity index (χ0) is 6.97. The highest BCUT2D eigenvalue weighted by Crippen LogP contribution is 2.18. The molecule has 52 valence electrons. The molecule has 0 atom stereocenters. The van der Waals surface area contributed by atoms with Crippen LogP contribution in [-0.2, 0) is 4.79 Å². The zero-order valence-corrected chi connectivity index (χ0v) is 5.55. The normalized spacial score (nSPS) is 23.0. The molecule has 0 aliphatic carbocycles. The van der Waals surface area contributed by atoms with E-state index in [4.69, 9.17) is 0 Å². The van der Waals surface area contributed by atoms with Gasteiger partial charge in [0.05, 0.1) is 5.70 Å². The molecule has 3 heteroatoms.